The maximum absolute atomic E-state index is 12.9. The Morgan fingerprint density at radius 1 is 1.64 bits per heavy atom. The van der Waals surface area contributed by atoms with Crippen LogP contribution in [-0.2, 0) is 4.74 Å². The lowest BCUT2D eigenvalue weighted by atomic mass is 10.1. The van der Waals surface area contributed by atoms with Gasteiger partial charge in [0.15, 0.2) is 0 Å². The van der Waals surface area contributed by atoms with Crippen molar-refractivity contribution >= 4 is 0 Å². The van der Waals surface area contributed by atoms with Crippen molar-refractivity contribution in [2.75, 3.05) is 13.7 Å². The monoisotopic (exact) mass is 194 g/mol. The summed E-state index contributed by atoms with van der Waals surface area (Å²) in [5.41, 5.74) is 6.43. The molecule has 1 rings (SSSR count). The molecule has 3 nitrogen and oxygen atoms in total. The number of methoxy groups -OCH3 is 1. The zero-order valence-electron chi connectivity index (χ0n) is 7.83. The molecular formula is C10H11FN2O. The Morgan fingerprint density at radius 2 is 2.36 bits per heavy atom. The van der Waals surface area contributed by atoms with E-state index in [9.17, 15) is 4.39 Å². The predicted molar refractivity (Wildman–Crippen MR) is 49.9 cm³/mol. The largest absolute Gasteiger partial charge is 0.383 e. The number of nitrogens with zero attached hydrogens (tertiary/aromatic N) is 1. The topological polar surface area (TPSA) is 59.0 Å². The smallest absolute Gasteiger partial charge is 0.140 e. The van der Waals surface area contributed by atoms with E-state index in [1.54, 1.807) is 12.1 Å². The molecule has 0 fully saturated rings. The molecule has 0 radical (unpaired) electrons. The molecule has 0 aliphatic carbocycles. The summed E-state index contributed by atoms with van der Waals surface area (Å²) >= 11 is 0. The van der Waals surface area contributed by atoms with Gasteiger partial charge in [0.05, 0.1) is 18.2 Å². The number of rotatable bonds is 3. The Labute approximate surface area is 81.9 Å². The van der Waals surface area contributed by atoms with Crippen molar-refractivity contribution in [1.82, 2.24) is 0 Å². The zero-order chi connectivity index (χ0) is 10.6. The first-order valence-corrected chi connectivity index (χ1v) is 4.13. The average Bonchev–Trinajstić information content (AvgIpc) is 2.19. The normalized spacial score (nSPS) is 12.1. The minimum Gasteiger partial charge on any atom is -0.383 e. The second-order valence-electron chi connectivity index (χ2n) is 2.91. The van der Waals surface area contributed by atoms with Crippen LogP contribution >= 0.6 is 0 Å². The molecule has 14 heavy (non-hydrogen) atoms. The lowest BCUT2D eigenvalue weighted by Crippen LogP contribution is -2.16. The van der Waals surface area contributed by atoms with Crippen LogP contribution in [0.15, 0.2) is 18.2 Å². The number of nitrogens with two attached hydrogens (primary N) is 1. The van der Waals surface area contributed by atoms with E-state index in [0.29, 0.717) is 12.2 Å². The summed E-state index contributed by atoms with van der Waals surface area (Å²) in [6, 6.07) is 5.67. The molecule has 0 spiro atoms. The highest BCUT2D eigenvalue weighted by Crippen LogP contribution is 2.15. The van der Waals surface area contributed by atoms with Crippen molar-refractivity contribution < 1.29 is 9.13 Å². The van der Waals surface area contributed by atoms with Crippen LogP contribution in [0, 0.1) is 17.1 Å². The lowest BCUT2D eigenvalue weighted by Gasteiger charge is -2.10. The summed E-state index contributed by atoms with van der Waals surface area (Å²) in [7, 11) is 1.54. The van der Waals surface area contributed by atoms with Crippen LogP contribution in [0.25, 0.3) is 0 Å². The van der Waals surface area contributed by atoms with Crippen LogP contribution in [0.3, 0.4) is 0 Å². The van der Waals surface area contributed by atoms with Crippen LogP contribution in [0.4, 0.5) is 4.39 Å². The molecule has 0 aliphatic rings. The fraction of sp³-hybridized carbons (Fsp3) is 0.300. The molecule has 0 unspecified atom stereocenters. The van der Waals surface area contributed by atoms with Crippen molar-refractivity contribution in [2.45, 2.75) is 6.04 Å². The lowest BCUT2D eigenvalue weighted by molar-refractivity contribution is 0.181. The molecule has 0 aliphatic heterocycles. The molecule has 0 saturated heterocycles. The summed E-state index contributed by atoms with van der Waals surface area (Å²) in [6.45, 7) is 0.344. The van der Waals surface area contributed by atoms with Crippen molar-refractivity contribution in [3.8, 4) is 6.07 Å². The first-order chi connectivity index (χ1) is 6.69. The van der Waals surface area contributed by atoms with Crippen molar-refractivity contribution in [1.29, 1.82) is 5.26 Å². The van der Waals surface area contributed by atoms with Crippen molar-refractivity contribution in [3.63, 3.8) is 0 Å². The minimum atomic E-state index is -0.527. The molecule has 1 aromatic carbocycles. The Hall–Kier alpha value is -1.44. The standard InChI is InChI=1S/C10H11FN2O/c1-14-6-10(13)7-2-3-9(11)8(4-7)5-12/h2-4,10H,6,13H2,1H3/t10-/m0/s1. The van der Waals surface area contributed by atoms with E-state index in [0.717, 1.165) is 0 Å². The Kier molecular flexibility index (Phi) is 3.57. The van der Waals surface area contributed by atoms with Gasteiger partial charge >= 0.3 is 0 Å². The maximum atomic E-state index is 12.9. The molecule has 0 heterocycles. The molecule has 2 N–H and O–H groups in total. The van der Waals surface area contributed by atoms with Crippen LogP contribution < -0.4 is 5.73 Å². The van der Waals surface area contributed by atoms with Gasteiger partial charge in [-0.15, -0.1) is 0 Å². The van der Waals surface area contributed by atoms with E-state index in [1.807, 2.05) is 0 Å². The number of hydrogen-bond acceptors (Lipinski definition) is 3. The fourth-order valence-electron chi connectivity index (χ4n) is 1.13. The Bertz CT molecular complexity index is 360. The molecule has 1 aromatic rings. The number of hydrogen-bond donors (Lipinski definition) is 1. The minimum absolute atomic E-state index is 0.00838. The second kappa shape index (κ2) is 4.70. The summed E-state index contributed by atoms with van der Waals surface area (Å²) in [6.07, 6.45) is 0. The van der Waals surface area contributed by atoms with E-state index in [-0.39, 0.29) is 11.6 Å². The van der Waals surface area contributed by atoms with E-state index in [2.05, 4.69) is 0 Å². The first kappa shape index (κ1) is 10.6. The third-order valence-electron chi connectivity index (χ3n) is 1.89. The highest BCUT2D eigenvalue weighted by molar-refractivity contribution is 5.35. The van der Waals surface area contributed by atoms with Crippen molar-refractivity contribution in [2.24, 2.45) is 5.73 Å². The molecule has 0 saturated carbocycles. The maximum Gasteiger partial charge on any atom is 0.140 e. The Morgan fingerprint density at radius 3 is 2.93 bits per heavy atom. The van der Waals surface area contributed by atoms with Crippen LogP contribution in [-0.4, -0.2) is 13.7 Å². The summed E-state index contributed by atoms with van der Waals surface area (Å²) < 4.78 is 17.8. The summed E-state index contributed by atoms with van der Waals surface area (Å²) in [5, 5.41) is 8.59. The molecule has 0 amide bonds. The van der Waals surface area contributed by atoms with E-state index in [4.69, 9.17) is 15.7 Å². The van der Waals surface area contributed by atoms with Gasteiger partial charge in [-0.25, -0.2) is 4.39 Å². The zero-order valence-corrected chi connectivity index (χ0v) is 7.83. The van der Waals surface area contributed by atoms with E-state index < -0.39 is 5.82 Å². The second-order valence-corrected chi connectivity index (χ2v) is 2.91. The first-order valence-electron chi connectivity index (χ1n) is 4.13. The number of halogens is 1. The summed E-state index contributed by atoms with van der Waals surface area (Å²) in [5.74, 6) is -0.527. The predicted octanol–water partition coefficient (Wildman–Crippen LogP) is 1.34. The quantitative estimate of drug-likeness (QED) is 0.789. The highest BCUT2D eigenvalue weighted by Gasteiger charge is 2.08. The summed E-state index contributed by atoms with van der Waals surface area (Å²) in [4.78, 5) is 0. The highest BCUT2D eigenvalue weighted by atomic mass is 19.1. The van der Waals surface area contributed by atoms with Gasteiger partial charge in [0.25, 0.3) is 0 Å². The molecule has 4 heteroatoms. The van der Waals surface area contributed by atoms with Crippen LogP contribution in [0.5, 0.6) is 0 Å². The van der Waals surface area contributed by atoms with E-state index in [1.165, 1.54) is 19.2 Å². The fourth-order valence-corrected chi connectivity index (χ4v) is 1.13. The Balaban J connectivity index is 2.95. The third kappa shape index (κ3) is 2.28. The molecular weight excluding hydrogens is 183 g/mol. The van der Waals surface area contributed by atoms with E-state index >= 15 is 0 Å². The molecule has 74 valence electrons. The molecule has 1 atom stereocenters. The SMILES string of the molecule is COC[C@H](N)c1ccc(F)c(C#N)c1. The van der Waals surface area contributed by atoms with Crippen molar-refractivity contribution in [3.05, 3.63) is 35.1 Å². The molecule has 0 aromatic heterocycles. The number of nitriles is 1. The van der Waals surface area contributed by atoms with Gasteiger partial charge in [-0.2, -0.15) is 5.26 Å². The van der Waals surface area contributed by atoms with Crippen LogP contribution in [0.2, 0.25) is 0 Å². The van der Waals surface area contributed by atoms with Gasteiger partial charge in [0, 0.05) is 7.11 Å². The average molecular weight is 194 g/mol. The number of benzene rings is 1. The van der Waals surface area contributed by atoms with Gasteiger partial charge in [-0.1, -0.05) is 6.07 Å². The number of ether oxygens (including phenoxy) is 1. The van der Waals surface area contributed by atoms with Gasteiger partial charge in [0.1, 0.15) is 11.9 Å². The molecule has 0 bridgehead atoms. The van der Waals surface area contributed by atoms with Gasteiger partial charge < -0.3 is 10.5 Å². The van der Waals surface area contributed by atoms with Gasteiger partial charge in [-0.05, 0) is 17.7 Å². The van der Waals surface area contributed by atoms with Crippen LogP contribution in [0.1, 0.15) is 17.2 Å². The third-order valence-corrected chi connectivity index (χ3v) is 1.89. The van der Waals surface area contributed by atoms with Gasteiger partial charge in [-0.3, -0.25) is 0 Å². The van der Waals surface area contributed by atoms with Gasteiger partial charge in [0.2, 0.25) is 0 Å².